The van der Waals surface area contributed by atoms with Gasteiger partial charge in [0, 0.05) is 11.5 Å². The number of aryl methyl sites for hydroxylation is 2. The first kappa shape index (κ1) is 16.3. The highest BCUT2D eigenvalue weighted by atomic mass is 16.5. The van der Waals surface area contributed by atoms with E-state index < -0.39 is 0 Å². The molecular weight excluding hydrogens is 274 g/mol. The number of methoxy groups -OCH3 is 1. The summed E-state index contributed by atoms with van der Waals surface area (Å²) in [6.07, 6.45) is 8.96. The zero-order chi connectivity index (χ0) is 16.1. The first-order valence-corrected chi connectivity index (χ1v) is 7.86. The quantitative estimate of drug-likeness (QED) is 0.637. The summed E-state index contributed by atoms with van der Waals surface area (Å²) in [4.78, 5) is 12.3. The van der Waals surface area contributed by atoms with Crippen LogP contribution in [0.2, 0.25) is 0 Å². The standard InChI is InChI=1S/C19H25NO2/c1-5-6-10-18(22-4)16-11-13(2)14(3)12-17(16)20-19(21)15-8-7-9-15/h5-6,10-12,15H,7-9H2,1-4H3,(H,20,21)/b6-5+,18-10-. The average molecular weight is 299 g/mol. The van der Waals surface area contributed by atoms with Gasteiger partial charge in [-0.2, -0.15) is 0 Å². The summed E-state index contributed by atoms with van der Waals surface area (Å²) in [5, 5.41) is 3.09. The number of ether oxygens (including phenoxy) is 1. The summed E-state index contributed by atoms with van der Waals surface area (Å²) in [6.45, 7) is 6.09. The fourth-order valence-corrected chi connectivity index (χ4v) is 2.48. The van der Waals surface area contributed by atoms with E-state index >= 15 is 0 Å². The van der Waals surface area contributed by atoms with Gasteiger partial charge in [0.2, 0.25) is 5.91 Å². The van der Waals surface area contributed by atoms with Crippen molar-refractivity contribution >= 4 is 17.4 Å². The molecule has 0 aromatic heterocycles. The number of hydrogen-bond donors (Lipinski definition) is 1. The van der Waals surface area contributed by atoms with Gasteiger partial charge in [-0.05, 0) is 62.9 Å². The van der Waals surface area contributed by atoms with E-state index in [4.69, 9.17) is 4.74 Å². The van der Waals surface area contributed by atoms with Crippen LogP contribution in [0.5, 0.6) is 0 Å². The SMILES string of the molecule is C/C=C/C=C(\OC)c1cc(C)c(C)cc1NC(=O)C1CCC1. The first-order valence-electron chi connectivity index (χ1n) is 7.86. The highest BCUT2D eigenvalue weighted by molar-refractivity contribution is 5.96. The number of anilines is 1. The van der Waals surface area contributed by atoms with Crippen molar-refractivity contribution in [1.82, 2.24) is 0 Å². The Balaban J connectivity index is 2.37. The predicted octanol–water partition coefficient (Wildman–Crippen LogP) is 4.61. The van der Waals surface area contributed by atoms with Crippen molar-refractivity contribution in [3.05, 3.63) is 47.1 Å². The maximum atomic E-state index is 12.3. The molecule has 0 heterocycles. The van der Waals surface area contributed by atoms with Crippen molar-refractivity contribution in [3.8, 4) is 0 Å². The Labute approximate surface area is 133 Å². The molecule has 3 nitrogen and oxygen atoms in total. The fourth-order valence-electron chi connectivity index (χ4n) is 2.48. The number of hydrogen-bond acceptors (Lipinski definition) is 2. The van der Waals surface area contributed by atoms with Crippen LogP contribution in [-0.2, 0) is 9.53 Å². The van der Waals surface area contributed by atoms with Gasteiger partial charge in [0.1, 0.15) is 5.76 Å². The molecule has 0 radical (unpaired) electrons. The zero-order valence-electron chi connectivity index (χ0n) is 13.9. The maximum Gasteiger partial charge on any atom is 0.227 e. The molecule has 118 valence electrons. The molecule has 1 amide bonds. The van der Waals surface area contributed by atoms with Crippen LogP contribution in [0.25, 0.3) is 5.76 Å². The Morgan fingerprint density at radius 3 is 2.50 bits per heavy atom. The molecule has 1 fully saturated rings. The molecule has 0 atom stereocenters. The van der Waals surface area contributed by atoms with Crippen LogP contribution in [0, 0.1) is 19.8 Å². The second kappa shape index (κ2) is 7.30. The monoisotopic (exact) mass is 299 g/mol. The van der Waals surface area contributed by atoms with Crippen LogP contribution in [0.4, 0.5) is 5.69 Å². The van der Waals surface area contributed by atoms with Crippen LogP contribution < -0.4 is 5.32 Å². The average Bonchev–Trinajstić information content (AvgIpc) is 2.42. The number of allylic oxidation sites excluding steroid dienone is 3. The molecule has 2 rings (SSSR count). The molecule has 3 heteroatoms. The van der Waals surface area contributed by atoms with Crippen LogP contribution >= 0.6 is 0 Å². The van der Waals surface area contributed by atoms with Crippen LogP contribution in [0.15, 0.2) is 30.4 Å². The van der Waals surface area contributed by atoms with E-state index in [1.807, 2.05) is 31.2 Å². The lowest BCUT2D eigenvalue weighted by atomic mass is 9.84. The number of amides is 1. The van der Waals surface area contributed by atoms with E-state index in [1.165, 1.54) is 5.56 Å². The van der Waals surface area contributed by atoms with E-state index in [1.54, 1.807) is 7.11 Å². The van der Waals surface area contributed by atoms with Gasteiger partial charge >= 0.3 is 0 Å². The van der Waals surface area contributed by atoms with Gasteiger partial charge in [-0.25, -0.2) is 0 Å². The van der Waals surface area contributed by atoms with Crippen molar-refractivity contribution in [2.24, 2.45) is 5.92 Å². The lowest BCUT2D eigenvalue weighted by molar-refractivity contribution is -0.122. The Morgan fingerprint density at radius 1 is 1.27 bits per heavy atom. The van der Waals surface area contributed by atoms with Gasteiger partial charge in [0.25, 0.3) is 0 Å². The van der Waals surface area contributed by atoms with Crippen LogP contribution in [-0.4, -0.2) is 13.0 Å². The largest absolute Gasteiger partial charge is 0.496 e. The molecule has 0 bridgehead atoms. The van der Waals surface area contributed by atoms with E-state index in [2.05, 4.69) is 25.2 Å². The molecule has 0 unspecified atom stereocenters. The normalized spacial score (nSPS) is 15.7. The van der Waals surface area contributed by atoms with Crippen molar-refractivity contribution in [2.45, 2.75) is 40.0 Å². The number of carbonyl (C=O) groups excluding carboxylic acids is 1. The first-order chi connectivity index (χ1) is 10.6. The van der Waals surface area contributed by atoms with Gasteiger partial charge in [-0.15, -0.1) is 0 Å². The second-order valence-corrected chi connectivity index (χ2v) is 5.86. The molecule has 0 aliphatic heterocycles. The van der Waals surface area contributed by atoms with Crippen molar-refractivity contribution in [3.63, 3.8) is 0 Å². The smallest absolute Gasteiger partial charge is 0.227 e. The van der Waals surface area contributed by atoms with Gasteiger partial charge in [-0.3, -0.25) is 4.79 Å². The number of carbonyl (C=O) groups is 1. The third-order valence-electron chi connectivity index (χ3n) is 4.29. The highest BCUT2D eigenvalue weighted by Crippen LogP contribution is 2.31. The van der Waals surface area contributed by atoms with Crippen molar-refractivity contribution < 1.29 is 9.53 Å². The summed E-state index contributed by atoms with van der Waals surface area (Å²) in [6, 6.07) is 4.11. The fraction of sp³-hybridized carbons (Fsp3) is 0.421. The summed E-state index contributed by atoms with van der Waals surface area (Å²) < 4.78 is 5.51. The molecule has 1 N–H and O–H groups in total. The van der Waals surface area contributed by atoms with Crippen molar-refractivity contribution in [1.29, 1.82) is 0 Å². The number of nitrogens with one attached hydrogen (secondary N) is 1. The number of rotatable bonds is 5. The van der Waals surface area contributed by atoms with Gasteiger partial charge < -0.3 is 10.1 Å². The molecular formula is C19H25NO2. The summed E-state index contributed by atoms with van der Waals surface area (Å²) in [5.41, 5.74) is 4.10. The van der Waals surface area contributed by atoms with Gasteiger partial charge in [0.15, 0.2) is 0 Å². The molecule has 1 aliphatic carbocycles. The van der Waals surface area contributed by atoms with E-state index in [0.29, 0.717) is 0 Å². The van der Waals surface area contributed by atoms with Crippen molar-refractivity contribution in [2.75, 3.05) is 12.4 Å². The molecule has 1 aliphatic rings. The summed E-state index contributed by atoms with van der Waals surface area (Å²) in [7, 11) is 1.65. The Hall–Kier alpha value is -2.03. The molecule has 1 aromatic rings. The minimum atomic E-state index is 0.122. The highest BCUT2D eigenvalue weighted by Gasteiger charge is 2.26. The number of benzene rings is 1. The lowest BCUT2D eigenvalue weighted by Crippen LogP contribution is -2.28. The Kier molecular flexibility index (Phi) is 5.42. The Morgan fingerprint density at radius 2 is 1.95 bits per heavy atom. The lowest BCUT2D eigenvalue weighted by Gasteiger charge is -2.25. The third-order valence-corrected chi connectivity index (χ3v) is 4.29. The van der Waals surface area contributed by atoms with Crippen LogP contribution in [0.3, 0.4) is 0 Å². The van der Waals surface area contributed by atoms with Gasteiger partial charge in [0.05, 0.1) is 12.8 Å². The minimum absolute atomic E-state index is 0.122. The molecule has 0 spiro atoms. The Bertz CT molecular complexity index is 610. The zero-order valence-corrected chi connectivity index (χ0v) is 13.9. The second-order valence-electron chi connectivity index (χ2n) is 5.86. The topological polar surface area (TPSA) is 38.3 Å². The van der Waals surface area contributed by atoms with Gasteiger partial charge in [-0.1, -0.05) is 18.6 Å². The van der Waals surface area contributed by atoms with E-state index in [0.717, 1.165) is 41.8 Å². The maximum absolute atomic E-state index is 12.3. The molecule has 1 aromatic carbocycles. The summed E-state index contributed by atoms with van der Waals surface area (Å²) >= 11 is 0. The summed E-state index contributed by atoms with van der Waals surface area (Å²) in [5.74, 6) is 1.04. The van der Waals surface area contributed by atoms with E-state index in [-0.39, 0.29) is 11.8 Å². The molecule has 22 heavy (non-hydrogen) atoms. The third kappa shape index (κ3) is 3.59. The molecule has 0 saturated heterocycles. The van der Waals surface area contributed by atoms with E-state index in [9.17, 15) is 4.79 Å². The minimum Gasteiger partial charge on any atom is -0.496 e. The predicted molar refractivity (Wildman–Crippen MR) is 91.7 cm³/mol. The molecule has 1 saturated carbocycles. The van der Waals surface area contributed by atoms with Crippen LogP contribution in [0.1, 0.15) is 42.9 Å².